The van der Waals surface area contributed by atoms with E-state index in [0.717, 1.165) is 11.3 Å². The van der Waals surface area contributed by atoms with Gasteiger partial charge in [-0.05, 0) is 17.7 Å². The van der Waals surface area contributed by atoms with Crippen LogP contribution in [0.5, 0.6) is 0 Å². The van der Waals surface area contributed by atoms with Gasteiger partial charge >= 0.3 is 0 Å². The van der Waals surface area contributed by atoms with Crippen LogP contribution in [0.15, 0.2) is 36.9 Å². The first-order chi connectivity index (χ1) is 18.5. The quantitative estimate of drug-likeness (QED) is 0.233. The predicted octanol–water partition coefficient (Wildman–Crippen LogP) is 1.91. The summed E-state index contributed by atoms with van der Waals surface area (Å²) >= 11 is 1.52. The number of carbonyl (C=O) groups excluding carboxylic acids is 2. The molecule has 0 bridgehead atoms. The number of aliphatic hydroxyl groups is 2. The lowest BCUT2D eigenvalue weighted by Crippen LogP contribution is -2.33. The fraction of sp³-hybridized carbons (Fsp3) is 0.500. The number of nitrogens with one attached hydrogen (secondary N) is 3. The van der Waals surface area contributed by atoms with Crippen molar-refractivity contribution in [3.8, 4) is 0 Å². The lowest BCUT2D eigenvalue weighted by molar-refractivity contribution is -0.123. The zero-order chi connectivity index (χ0) is 28.2. The number of thioether (sulfide) groups is 1. The molecule has 1 fully saturated rings. The van der Waals surface area contributed by atoms with Gasteiger partial charge in [0.1, 0.15) is 18.5 Å². The lowest BCUT2D eigenvalue weighted by Gasteiger charge is -2.17. The number of amides is 2. The Kier molecular flexibility index (Phi) is 9.05. The Morgan fingerprint density at radius 2 is 1.85 bits per heavy atom. The van der Waals surface area contributed by atoms with E-state index in [1.165, 1.54) is 31.3 Å². The normalized spacial score (nSPS) is 21.2. The summed E-state index contributed by atoms with van der Waals surface area (Å²) < 4.78 is 7.60. The third kappa shape index (κ3) is 7.04. The number of carbonyl (C=O) groups is 2. The Balaban J connectivity index is 1.38. The van der Waals surface area contributed by atoms with Gasteiger partial charge < -0.3 is 30.9 Å². The van der Waals surface area contributed by atoms with E-state index in [1.807, 2.05) is 45.0 Å². The van der Waals surface area contributed by atoms with E-state index in [1.54, 1.807) is 4.57 Å². The average Bonchev–Trinajstić information content (AvgIpc) is 3.44. The second-order valence-electron chi connectivity index (χ2n) is 10.4. The second-order valence-corrected chi connectivity index (χ2v) is 11.6. The molecule has 4 atom stereocenters. The highest BCUT2D eigenvalue weighted by Crippen LogP contribution is 2.33. The Morgan fingerprint density at radius 3 is 2.54 bits per heavy atom. The molecule has 1 saturated heterocycles. The van der Waals surface area contributed by atoms with Crippen LogP contribution in [0, 0.1) is 5.41 Å². The molecule has 12 nitrogen and oxygen atoms in total. The van der Waals surface area contributed by atoms with E-state index in [9.17, 15) is 19.8 Å². The summed E-state index contributed by atoms with van der Waals surface area (Å²) in [6.07, 6.45) is -0.751. The molecule has 2 aromatic heterocycles. The zero-order valence-electron chi connectivity index (χ0n) is 22.4. The summed E-state index contributed by atoms with van der Waals surface area (Å²) in [5.74, 6) is 1.49. The maximum Gasteiger partial charge on any atom is 0.229 e. The lowest BCUT2D eigenvalue weighted by atomic mass is 9.95. The number of hydrogen-bond acceptors (Lipinski definition) is 10. The van der Waals surface area contributed by atoms with Crippen LogP contribution < -0.4 is 16.0 Å². The third-order valence-electron chi connectivity index (χ3n) is 6.23. The number of imidazole rings is 1. The Hall–Kier alpha value is -3.26. The maximum absolute atomic E-state index is 12.2. The Labute approximate surface area is 231 Å². The van der Waals surface area contributed by atoms with Gasteiger partial charge in [-0.3, -0.25) is 14.2 Å². The minimum atomic E-state index is -1.16. The third-order valence-corrected chi connectivity index (χ3v) is 7.28. The molecule has 4 rings (SSSR count). The molecule has 0 spiro atoms. The maximum atomic E-state index is 12.2. The molecule has 2 amide bonds. The predicted molar refractivity (Wildman–Crippen MR) is 149 cm³/mol. The summed E-state index contributed by atoms with van der Waals surface area (Å²) in [6, 6.07) is 7.54. The first kappa shape index (κ1) is 28.7. The van der Waals surface area contributed by atoms with Gasteiger partial charge in [0.25, 0.3) is 0 Å². The van der Waals surface area contributed by atoms with E-state index in [4.69, 9.17) is 4.74 Å². The minimum absolute atomic E-state index is 0.0525. The number of fused-ring (bicyclic) bond motifs is 1. The smallest absolute Gasteiger partial charge is 0.229 e. The van der Waals surface area contributed by atoms with Crippen molar-refractivity contribution in [2.75, 3.05) is 28.7 Å². The average molecular weight is 558 g/mol. The molecular formula is C26H35N7O5S. The molecule has 1 aliphatic rings. The van der Waals surface area contributed by atoms with Crippen LogP contribution in [0.4, 0.5) is 11.5 Å². The number of anilines is 2. The van der Waals surface area contributed by atoms with Crippen molar-refractivity contribution in [3.05, 3.63) is 42.5 Å². The van der Waals surface area contributed by atoms with Gasteiger partial charge in [0, 0.05) is 42.6 Å². The van der Waals surface area contributed by atoms with Crippen LogP contribution in [-0.4, -0.2) is 77.9 Å². The van der Waals surface area contributed by atoms with Gasteiger partial charge in [0.15, 0.2) is 23.2 Å². The van der Waals surface area contributed by atoms with Crippen molar-refractivity contribution < 1.29 is 24.5 Å². The van der Waals surface area contributed by atoms with Crippen LogP contribution in [0.1, 0.15) is 39.5 Å². The molecule has 0 unspecified atom stereocenters. The van der Waals surface area contributed by atoms with Crippen LogP contribution in [0.25, 0.3) is 11.2 Å². The van der Waals surface area contributed by atoms with Crippen molar-refractivity contribution >= 4 is 46.2 Å². The van der Waals surface area contributed by atoms with Crippen molar-refractivity contribution in [2.45, 2.75) is 58.8 Å². The van der Waals surface area contributed by atoms with E-state index in [0.29, 0.717) is 41.6 Å². The topological polar surface area (TPSA) is 164 Å². The summed E-state index contributed by atoms with van der Waals surface area (Å²) in [5.41, 5.74) is 2.19. The number of rotatable bonds is 10. The van der Waals surface area contributed by atoms with Gasteiger partial charge in [0.2, 0.25) is 11.8 Å². The van der Waals surface area contributed by atoms with E-state index < -0.39 is 30.0 Å². The number of aromatic nitrogens is 4. The van der Waals surface area contributed by atoms with E-state index in [2.05, 4.69) is 30.9 Å². The van der Waals surface area contributed by atoms with Gasteiger partial charge in [-0.1, -0.05) is 32.9 Å². The van der Waals surface area contributed by atoms with E-state index >= 15 is 0 Å². The molecule has 1 aromatic carbocycles. The number of nitrogens with zero attached hydrogens (tertiary/aromatic N) is 4. The molecule has 3 aromatic rings. The highest BCUT2D eigenvalue weighted by Gasteiger charge is 2.44. The first-order valence-corrected chi connectivity index (χ1v) is 13.9. The minimum Gasteiger partial charge on any atom is -0.387 e. The van der Waals surface area contributed by atoms with Crippen LogP contribution in [-0.2, 0) is 20.9 Å². The SMILES string of the molecule is CC(=O)NCCSC[C@H]1O[C@@H](n2cnc3c(NCc4ccc(NC(=O)C(C)(C)C)cc4)ncnc32)[C@H](O)[C@@H]1O. The van der Waals surface area contributed by atoms with Crippen LogP contribution >= 0.6 is 11.8 Å². The van der Waals surface area contributed by atoms with Crippen LogP contribution in [0.3, 0.4) is 0 Å². The number of ether oxygens (including phenoxy) is 1. The van der Waals surface area contributed by atoms with Crippen molar-refractivity contribution in [3.63, 3.8) is 0 Å². The van der Waals surface area contributed by atoms with E-state index in [-0.39, 0.29) is 11.8 Å². The van der Waals surface area contributed by atoms with Gasteiger partial charge in [-0.25, -0.2) is 15.0 Å². The van der Waals surface area contributed by atoms with Gasteiger partial charge in [-0.15, -0.1) is 0 Å². The largest absolute Gasteiger partial charge is 0.387 e. The molecule has 3 heterocycles. The molecule has 5 N–H and O–H groups in total. The fourth-order valence-corrected chi connectivity index (χ4v) is 4.89. The Bertz CT molecular complexity index is 1290. The molecule has 39 heavy (non-hydrogen) atoms. The molecule has 1 aliphatic heterocycles. The van der Waals surface area contributed by atoms with Crippen LogP contribution in [0.2, 0.25) is 0 Å². The summed E-state index contributed by atoms with van der Waals surface area (Å²) in [6.45, 7) is 8.03. The fourth-order valence-electron chi connectivity index (χ4n) is 3.97. The molecule has 210 valence electrons. The Morgan fingerprint density at radius 1 is 1.10 bits per heavy atom. The summed E-state index contributed by atoms with van der Waals surface area (Å²) in [4.78, 5) is 36.3. The van der Waals surface area contributed by atoms with Crippen molar-refractivity contribution in [1.29, 1.82) is 0 Å². The second kappa shape index (κ2) is 12.3. The zero-order valence-corrected chi connectivity index (χ0v) is 23.2. The standard InChI is InChI=1S/C26H35N7O5S/c1-15(34)27-9-10-39-12-18-20(35)21(36)24(38-18)33-14-31-19-22(29-13-30-23(19)33)28-11-16-5-7-17(8-6-16)32-25(37)26(2,3)4/h5-8,13-14,18,20-21,24,35-36H,9-12H2,1-4H3,(H,27,34)(H,32,37)(H,28,29,30)/t18-,20-,21-,24-/m1/s1. The molecule has 0 aliphatic carbocycles. The van der Waals surface area contributed by atoms with Crippen molar-refractivity contribution in [1.82, 2.24) is 24.8 Å². The first-order valence-electron chi connectivity index (χ1n) is 12.7. The summed E-state index contributed by atoms with van der Waals surface area (Å²) in [5, 5.41) is 30.2. The summed E-state index contributed by atoms with van der Waals surface area (Å²) in [7, 11) is 0. The number of hydrogen-bond donors (Lipinski definition) is 5. The molecular weight excluding hydrogens is 522 g/mol. The highest BCUT2D eigenvalue weighted by atomic mass is 32.2. The molecule has 0 radical (unpaired) electrons. The number of benzene rings is 1. The highest BCUT2D eigenvalue weighted by molar-refractivity contribution is 7.99. The van der Waals surface area contributed by atoms with Crippen molar-refractivity contribution in [2.24, 2.45) is 5.41 Å². The monoisotopic (exact) mass is 557 g/mol. The molecule has 13 heteroatoms. The van der Waals surface area contributed by atoms with Gasteiger partial charge in [0.05, 0.1) is 12.4 Å². The number of aliphatic hydroxyl groups excluding tert-OH is 2. The van der Waals surface area contributed by atoms with Gasteiger partial charge in [-0.2, -0.15) is 11.8 Å². The molecule has 0 saturated carbocycles.